The Morgan fingerprint density at radius 2 is 0.968 bits per heavy atom. The molecule has 9 heteroatoms. The van der Waals surface area contributed by atoms with Crippen LogP contribution >= 0.6 is 7.82 Å². The van der Waals surface area contributed by atoms with E-state index in [2.05, 4.69) is 141 Å². The quantitative estimate of drug-likeness (QED) is 0.0273. The standard InChI is InChI=1S/C54H91N2O6P/c1-6-8-10-12-14-16-17-18-19-20-21-22-23-24-25-26-27-28-29-30-31-32-33-34-35-36-37-38-39-40-42-44-46-48-54(58)55-52(51-62-63(59,60)61-50-49-56(3,4)5)53(57)47-45-43-41-15-13-11-9-7-2/h8,10,14,16,18-19,21-22,24-25,27-28,30-31,33-34,36-37,39-40,52-53,57H,6-7,9,11-13,15,17,20,23,26,29,32,35,38,41-51H2,1-5H3,(H-,55,58,59,60)/b10-8-,16-14-,19-18-,22-21-,25-24-,28-27-,31-30-,34-33-,37-36-,40-39-. The molecule has 0 aliphatic carbocycles. The molecule has 0 fully saturated rings. The average molecular weight is 895 g/mol. The van der Waals surface area contributed by atoms with Gasteiger partial charge in [-0.2, -0.15) is 0 Å². The number of likely N-dealkylation sites (N-methyl/N-ethyl adjacent to an activating group) is 1. The van der Waals surface area contributed by atoms with Crippen molar-refractivity contribution < 1.29 is 32.9 Å². The summed E-state index contributed by atoms with van der Waals surface area (Å²) in [6.07, 6.45) is 65.2. The summed E-state index contributed by atoms with van der Waals surface area (Å²) in [6, 6.07) is -0.830. The van der Waals surface area contributed by atoms with Crippen molar-refractivity contribution in [3.8, 4) is 0 Å². The molecule has 0 saturated carbocycles. The predicted octanol–water partition coefficient (Wildman–Crippen LogP) is 13.6. The minimum absolute atomic E-state index is 0.00403. The van der Waals surface area contributed by atoms with Crippen LogP contribution in [-0.4, -0.2) is 68.5 Å². The summed E-state index contributed by atoms with van der Waals surface area (Å²) in [5.74, 6) is -0.217. The Kier molecular flexibility index (Phi) is 41.9. The van der Waals surface area contributed by atoms with Crippen molar-refractivity contribution in [3.63, 3.8) is 0 Å². The molecule has 0 bridgehead atoms. The molecule has 2 N–H and O–H groups in total. The van der Waals surface area contributed by atoms with Gasteiger partial charge in [0.25, 0.3) is 7.82 Å². The van der Waals surface area contributed by atoms with Gasteiger partial charge in [0.2, 0.25) is 5.91 Å². The lowest BCUT2D eigenvalue weighted by Crippen LogP contribution is -2.46. The molecule has 3 unspecified atom stereocenters. The maximum atomic E-state index is 12.8. The number of quaternary nitrogens is 1. The largest absolute Gasteiger partial charge is 0.756 e. The monoisotopic (exact) mass is 895 g/mol. The Bertz CT molecular complexity index is 1430. The third kappa shape index (κ3) is 46.7. The van der Waals surface area contributed by atoms with E-state index in [1.807, 2.05) is 21.1 Å². The SMILES string of the molecule is CC/C=C\C/C=C\C/C=C\C/C=C\C/C=C\C/C=C\C/C=C\C/C=C\C/C=C\C/C=C\CCCCC(=O)NC(COP(=O)([O-])OCC[N+](C)(C)C)C(O)CCCCCCCCCC. The van der Waals surface area contributed by atoms with Crippen molar-refractivity contribution in [3.05, 3.63) is 122 Å². The highest BCUT2D eigenvalue weighted by molar-refractivity contribution is 7.45. The van der Waals surface area contributed by atoms with E-state index in [9.17, 15) is 19.4 Å². The average Bonchev–Trinajstić information content (AvgIpc) is 3.24. The number of carbonyl (C=O) groups is 1. The number of allylic oxidation sites excluding steroid dienone is 20. The Morgan fingerprint density at radius 1 is 0.571 bits per heavy atom. The Labute approximate surface area is 386 Å². The van der Waals surface area contributed by atoms with Crippen molar-refractivity contribution in [2.75, 3.05) is 40.9 Å². The van der Waals surface area contributed by atoms with Crippen molar-refractivity contribution in [1.82, 2.24) is 5.32 Å². The van der Waals surface area contributed by atoms with Gasteiger partial charge in [0.15, 0.2) is 0 Å². The highest BCUT2D eigenvalue weighted by Crippen LogP contribution is 2.38. The molecule has 0 aliphatic heterocycles. The van der Waals surface area contributed by atoms with E-state index >= 15 is 0 Å². The van der Waals surface area contributed by atoms with Crippen molar-refractivity contribution in [2.24, 2.45) is 0 Å². The van der Waals surface area contributed by atoms with Crippen molar-refractivity contribution >= 4 is 13.7 Å². The smallest absolute Gasteiger partial charge is 0.268 e. The topological polar surface area (TPSA) is 108 Å². The lowest BCUT2D eigenvalue weighted by molar-refractivity contribution is -0.870. The highest BCUT2D eigenvalue weighted by atomic mass is 31.2. The van der Waals surface area contributed by atoms with E-state index < -0.39 is 20.0 Å². The summed E-state index contributed by atoms with van der Waals surface area (Å²) in [5.41, 5.74) is 0. The number of nitrogens with zero attached hydrogens (tertiary/aromatic N) is 1. The number of rotatable bonds is 42. The molecule has 0 rings (SSSR count). The number of unbranched alkanes of at least 4 members (excludes halogenated alkanes) is 9. The van der Waals surface area contributed by atoms with Crippen LogP contribution in [0.4, 0.5) is 0 Å². The van der Waals surface area contributed by atoms with Crippen LogP contribution in [0.5, 0.6) is 0 Å². The van der Waals surface area contributed by atoms with Gasteiger partial charge in [-0.1, -0.05) is 187 Å². The third-order valence-corrected chi connectivity index (χ3v) is 10.9. The first-order valence-corrected chi connectivity index (χ1v) is 25.8. The van der Waals surface area contributed by atoms with Gasteiger partial charge in [-0.15, -0.1) is 0 Å². The molecule has 0 radical (unpaired) electrons. The van der Waals surface area contributed by atoms with Crippen LogP contribution in [0.1, 0.15) is 162 Å². The number of aliphatic hydroxyl groups excluding tert-OH is 1. The first-order valence-electron chi connectivity index (χ1n) is 24.4. The summed E-state index contributed by atoms with van der Waals surface area (Å²) in [4.78, 5) is 25.3. The number of amides is 1. The molecule has 0 heterocycles. The van der Waals surface area contributed by atoms with E-state index in [0.717, 1.165) is 96.3 Å². The summed E-state index contributed by atoms with van der Waals surface area (Å²) >= 11 is 0. The molecule has 0 aromatic carbocycles. The van der Waals surface area contributed by atoms with Gasteiger partial charge >= 0.3 is 0 Å². The number of hydrogen-bond donors (Lipinski definition) is 2. The number of phosphoric ester groups is 1. The first kappa shape index (κ1) is 59.9. The summed E-state index contributed by atoms with van der Waals surface area (Å²) < 4.78 is 23.2. The van der Waals surface area contributed by atoms with Crippen molar-refractivity contribution in [2.45, 2.75) is 174 Å². The second kappa shape index (κ2) is 44.1. The second-order valence-corrected chi connectivity index (χ2v) is 18.5. The Balaban J connectivity index is 4.24. The predicted molar refractivity (Wildman–Crippen MR) is 269 cm³/mol. The first-order chi connectivity index (χ1) is 30.5. The number of nitrogens with one attached hydrogen (secondary N) is 1. The van der Waals surface area contributed by atoms with E-state index in [-0.39, 0.29) is 19.1 Å². The normalized spacial score (nSPS) is 15.2. The van der Waals surface area contributed by atoms with Gasteiger partial charge in [-0.3, -0.25) is 9.36 Å². The Morgan fingerprint density at radius 3 is 1.38 bits per heavy atom. The minimum Gasteiger partial charge on any atom is -0.756 e. The Hall–Kier alpha value is -3.10. The number of phosphoric acid groups is 1. The molecule has 0 aromatic heterocycles. The van der Waals surface area contributed by atoms with Crippen LogP contribution in [0, 0.1) is 0 Å². The van der Waals surface area contributed by atoms with E-state index in [4.69, 9.17) is 9.05 Å². The van der Waals surface area contributed by atoms with Crippen LogP contribution < -0.4 is 10.2 Å². The number of aliphatic hydroxyl groups is 1. The number of carbonyl (C=O) groups excluding carboxylic acids is 1. The molecule has 63 heavy (non-hydrogen) atoms. The third-order valence-electron chi connectivity index (χ3n) is 9.96. The lowest BCUT2D eigenvalue weighted by atomic mass is 10.0. The molecule has 0 aliphatic rings. The van der Waals surface area contributed by atoms with Gasteiger partial charge < -0.3 is 28.8 Å². The number of hydrogen-bond acceptors (Lipinski definition) is 6. The van der Waals surface area contributed by atoms with Gasteiger partial charge in [0.05, 0.1) is 39.9 Å². The maximum Gasteiger partial charge on any atom is 0.268 e. The molecule has 0 spiro atoms. The minimum atomic E-state index is -4.58. The molecular weight excluding hydrogens is 804 g/mol. The van der Waals surface area contributed by atoms with Gasteiger partial charge in [-0.05, 0) is 89.9 Å². The molecule has 1 amide bonds. The zero-order valence-corrected chi connectivity index (χ0v) is 41.4. The van der Waals surface area contributed by atoms with Crippen LogP contribution in [0.25, 0.3) is 0 Å². The fraction of sp³-hybridized carbons (Fsp3) is 0.611. The molecule has 358 valence electrons. The molecule has 3 atom stereocenters. The second-order valence-electron chi connectivity index (χ2n) is 17.1. The molecule has 0 aromatic rings. The van der Waals surface area contributed by atoms with Crippen LogP contribution in [0.3, 0.4) is 0 Å². The summed E-state index contributed by atoms with van der Waals surface area (Å²) in [6.45, 7) is 4.50. The fourth-order valence-corrected chi connectivity index (χ4v) is 6.85. The molecule has 0 saturated heterocycles. The van der Waals surface area contributed by atoms with Crippen LogP contribution in [0.2, 0.25) is 0 Å². The van der Waals surface area contributed by atoms with Gasteiger partial charge in [0.1, 0.15) is 13.2 Å². The highest BCUT2D eigenvalue weighted by Gasteiger charge is 2.24. The van der Waals surface area contributed by atoms with Gasteiger partial charge in [-0.25, -0.2) is 0 Å². The van der Waals surface area contributed by atoms with Gasteiger partial charge in [0, 0.05) is 6.42 Å². The molecular formula is C54H91N2O6P. The zero-order chi connectivity index (χ0) is 46.4. The maximum absolute atomic E-state index is 12.8. The molecule has 8 nitrogen and oxygen atoms in total. The van der Waals surface area contributed by atoms with E-state index in [1.165, 1.54) is 32.1 Å². The lowest BCUT2D eigenvalue weighted by Gasteiger charge is -2.30. The van der Waals surface area contributed by atoms with E-state index in [1.54, 1.807) is 0 Å². The fourth-order valence-electron chi connectivity index (χ4n) is 6.12. The summed E-state index contributed by atoms with van der Waals surface area (Å²) in [5, 5.41) is 13.8. The summed E-state index contributed by atoms with van der Waals surface area (Å²) in [7, 11) is 1.25. The van der Waals surface area contributed by atoms with Crippen LogP contribution in [-0.2, 0) is 18.4 Å². The van der Waals surface area contributed by atoms with E-state index in [0.29, 0.717) is 30.3 Å². The van der Waals surface area contributed by atoms with Crippen LogP contribution in [0.15, 0.2) is 122 Å². The zero-order valence-electron chi connectivity index (χ0n) is 40.5. The van der Waals surface area contributed by atoms with Crippen molar-refractivity contribution in [1.29, 1.82) is 0 Å².